The van der Waals surface area contributed by atoms with E-state index in [2.05, 4.69) is 34.1 Å². The van der Waals surface area contributed by atoms with Crippen LogP contribution in [-0.4, -0.2) is 27.8 Å². The second-order valence-electron chi connectivity index (χ2n) is 6.69. The molecule has 1 aromatic carbocycles. The van der Waals surface area contributed by atoms with Crippen LogP contribution < -0.4 is 10.9 Å². The van der Waals surface area contributed by atoms with Gasteiger partial charge in [0.25, 0.3) is 5.56 Å². The van der Waals surface area contributed by atoms with Gasteiger partial charge in [-0.3, -0.25) is 19.3 Å². The predicted molar refractivity (Wildman–Crippen MR) is 114 cm³/mol. The van der Waals surface area contributed by atoms with Gasteiger partial charge in [-0.1, -0.05) is 24.3 Å². The highest BCUT2D eigenvalue weighted by Gasteiger charge is 2.12. The van der Waals surface area contributed by atoms with E-state index in [4.69, 9.17) is 4.98 Å². The Labute approximate surface area is 165 Å². The van der Waals surface area contributed by atoms with Gasteiger partial charge in [-0.2, -0.15) is 0 Å². The van der Waals surface area contributed by atoms with Gasteiger partial charge >= 0.3 is 0 Å². The Kier molecular flexibility index (Phi) is 6.32. The number of aryl methyl sites for hydroxylation is 1. The number of hydrogen-bond donors (Lipinski definition) is 1. The monoisotopic (exact) mass is 375 g/mol. The first kappa shape index (κ1) is 19.5. The number of rotatable bonds is 8. The minimum absolute atomic E-state index is 0.0493. The van der Waals surface area contributed by atoms with Crippen LogP contribution in [0.1, 0.15) is 23.1 Å². The van der Waals surface area contributed by atoms with Crippen molar-refractivity contribution in [1.82, 2.24) is 14.5 Å². The third-order valence-electron chi connectivity index (χ3n) is 4.78. The lowest BCUT2D eigenvalue weighted by atomic mass is 10.0. The fourth-order valence-corrected chi connectivity index (χ4v) is 3.22. The van der Waals surface area contributed by atoms with E-state index in [1.165, 1.54) is 11.1 Å². The van der Waals surface area contributed by atoms with Crippen molar-refractivity contribution in [2.45, 2.75) is 26.3 Å². The van der Waals surface area contributed by atoms with Crippen molar-refractivity contribution in [1.29, 1.82) is 0 Å². The zero-order valence-electron chi connectivity index (χ0n) is 16.4. The number of benzene rings is 1. The van der Waals surface area contributed by atoms with Gasteiger partial charge in [-0.05, 0) is 49.7 Å². The van der Waals surface area contributed by atoms with Crippen LogP contribution in [0.4, 0.5) is 5.95 Å². The molecule has 3 rings (SSSR count). The number of aromatic nitrogens is 3. The van der Waals surface area contributed by atoms with Crippen LogP contribution in [0.2, 0.25) is 0 Å². The summed E-state index contributed by atoms with van der Waals surface area (Å²) in [6, 6.07) is 12.0. The van der Waals surface area contributed by atoms with Crippen LogP contribution in [-0.2, 0) is 20.0 Å². The maximum Gasteiger partial charge on any atom is 0.258 e. The standard InChI is InChI=1S/C22H25N5O/c1-16-20(18-10-13-24-14-11-18)26-22(27(3)21(16)28)25-12-6-9-17-7-4-5-8-19(17)15-23-2/h4-5,7-8,10-11,13-14H,2,6,9,12,15H2,1,3H3,(H,25,26). The van der Waals surface area contributed by atoms with Crippen molar-refractivity contribution in [3.63, 3.8) is 0 Å². The molecular formula is C22H25N5O. The molecule has 0 saturated heterocycles. The zero-order chi connectivity index (χ0) is 19.9. The predicted octanol–water partition coefficient (Wildman–Crippen LogP) is 3.40. The van der Waals surface area contributed by atoms with Crippen molar-refractivity contribution in [3.05, 3.63) is 75.8 Å². The molecule has 0 saturated carbocycles. The number of nitrogens with zero attached hydrogens (tertiary/aromatic N) is 4. The first-order valence-electron chi connectivity index (χ1n) is 9.33. The molecule has 0 spiro atoms. The first-order valence-corrected chi connectivity index (χ1v) is 9.33. The van der Waals surface area contributed by atoms with E-state index in [9.17, 15) is 4.79 Å². The quantitative estimate of drug-likeness (QED) is 0.484. The summed E-state index contributed by atoms with van der Waals surface area (Å²) < 4.78 is 1.57. The molecular weight excluding hydrogens is 350 g/mol. The summed E-state index contributed by atoms with van der Waals surface area (Å²) in [5.74, 6) is 0.573. The van der Waals surface area contributed by atoms with Crippen LogP contribution in [0.5, 0.6) is 0 Å². The van der Waals surface area contributed by atoms with Gasteiger partial charge < -0.3 is 5.32 Å². The van der Waals surface area contributed by atoms with Gasteiger partial charge in [0.1, 0.15) is 0 Å². The second kappa shape index (κ2) is 9.08. The minimum atomic E-state index is -0.0493. The smallest absolute Gasteiger partial charge is 0.258 e. The minimum Gasteiger partial charge on any atom is -0.356 e. The number of aliphatic imine (C=N–C) groups is 1. The number of nitrogens with one attached hydrogen (secondary N) is 1. The van der Waals surface area contributed by atoms with Crippen molar-refractivity contribution in [3.8, 4) is 11.3 Å². The molecule has 0 amide bonds. The summed E-state index contributed by atoms with van der Waals surface area (Å²) in [6.45, 7) is 6.74. The SMILES string of the molecule is C=NCc1ccccc1CCCNc1nc(-c2ccncc2)c(C)c(=O)n1C. The van der Waals surface area contributed by atoms with Crippen LogP contribution in [0.15, 0.2) is 58.6 Å². The van der Waals surface area contributed by atoms with Crippen molar-refractivity contribution < 1.29 is 0 Å². The van der Waals surface area contributed by atoms with Gasteiger partial charge in [0.05, 0.1) is 12.2 Å². The van der Waals surface area contributed by atoms with Gasteiger partial charge in [0, 0.05) is 37.1 Å². The van der Waals surface area contributed by atoms with E-state index in [0.717, 1.165) is 24.9 Å². The van der Waals surface area contributed by atoms with Crippen LogP contribution in [0.25, 0.3) is 11.3 Å². The third kappa shape index (κ3) is 4.34. The maximum atomic E-state index is 12.6. The molecule has 2 heterocycles. The lowest BCUT2D eigenvalue weighted by Gasteiger charge is -2.14. The molecule has 0 aliphatic carbocycles. The highest BCUT2D eigenvalue weighted by atomic mass is 16.1. The number of hydrogen-bond acceptors (Lipinski definition) is 5. The van der Waals surface area contributed by atoms with E-state index in [-0.39, 0.29) is 5.56 Å². The summed E-state index contributed by atoms with van der Waals surface area (Å²) >= 11 is 0. The molecule has 0 aliphatic rings. The third-order valence-corrected chi connectivity index (χ3v) is 4.78. The van der Waals surface area contributed by atoms with E-state index in [0.29, 0.717) is 23.8 Å². The maximum absolute atomic E-state index is 12.6. The molecule has 144 valence electrons. The van der Waals surface area contributed by atoms with E-state index < -0.39 is 0 Å². The molecule has 3 aromatic rings. The summed E-state index contributed by atoms with van der Waals surface area (Å²) in [5.41, 5.74) is 4.64. The van der Waals surface area contributed by atoms with Crippen molar-refractivity contribution >= 4 is 12.7 Å². The lowest BCUT2D eigenvalue weighted by molar-refractivity contribution is 0.787. The average Bonchev–Trinajstić information content (AvgIpc) is 2.73. The van der Waals surface area contributed by atoms with Crippen LogP contribution in [0.3, 0.4) is 0 Å². The van der Waals surface area contributed by atoms with Gasteiger partial charge in [0.15, 0.2) is 0 Å². The average molecular weight is 375 g/mol. The highest BCUT2D eigenvalue weighted by Crippen LogP contribution is 2.19. The number of anilines is 1. The highest BCUT2D eigenvalue weighted by molar-refractivity contribution is 5.63. The molecule has 28 heavy (non-hydrogen) atoms. The van der Waals surface area contributed by atoms with Crippen LogP contribution in [0, 0.1) is 6.92 Å². The molecule has 1 N–H and O–H groups in total. The van der Waals surface area contributed by atoms with Gasteiger partial charge in [0.2, 0.25) is 5.95 Å². The molecule has 0 radical (unpaired) electrons. The Bertz CT molecular complexity index is 1010. The fraction of sp³-hybridized carbons (Fsp3) is 0.273. The molecule has 6 heteroatoms. The lowest BCUT2D eigenvalue weighted by Crippen LogP contribution is -2.25. The summed E-state index contributed by atoms with van der Waals surface area (Å²) in [6.07, 6.45) is 5.26. The summed E-state index contributed by atoms with van der Waals surface area (Å²) in [7, 11) is 1.74. The molecule has 6 nitrogen and oxygen atoms in total. The molecule has 2 aromatic heterocycles. The van der Waals surface area contributed by atoms with Crippen molar-refractivity contribution in [2.75, 3.05) is 11.9 Å². The molecule has 0 bridgehead atoms. The normalized spacial score (nSPS) is 10.6. The molecule has 0 atom stereocenters. The van der Waals surface area contributed by atoms with E-state index >= 15 is 0 Å². The Morgan fingerprint density at radius 2 is 1.86 bits per heavy atom. The Morgan fingerprint density at radius 3 is 2.57 bits per heavy atom. The fourth-order valence-electron chi connectivity index (χ4n) is 3.22. The second-order valence-corrected chi connectivity index (χ2v) is 6.69. The Balaban J connectivity index is 1.72. The largest absolute Gasteiger partial charge is 0.356 e. The van der Waals surface area contributed by atoms with E-state index in [1.54, 1.807) is 30.9 Å². The van der Waals surface area contributed by atoms with Crippen LogP contribution >= 0.6 is 0 Å². The first-order chi connectivity index (χ1) is 13.6. The van der Waals surface area contributed by atoms with Gasteiger partial charge in [-0.25, -0.2) is 4.98 Å². The van der Waals surface area contributed by atoms with E-state index in [1.807, 2.05) is 24.3 Å². The summed E-state index contributed by atoms with van der Waals surface area (Å²) in [5, 5.41) is 3.31. The van der Waals surface area contributed by atoms with Gasteiger partial charge in [-0.15, -0.1) is 0 Å². The molecule has 0 aliphatic heterocycles. The molecule has 0 fully saturated rings. The molecule has 0 unspecified atom stereocenters. The summed E-state index contributed by atoms with van der Waals surface area (Å²) in [4.78, 5) is 25.3. The zero-order valence-corrected chi connectivity index (χ0v) is 16.4. The topological polar surface area (TPSA) is 72.2 Å². The van der Waals surface area contributed by atoms with Crippen molar-refractivity contribution in [2.24, 2.45) is 12.0 Å². The Hall–Kier alpha value is -3.28. The Morgan fingerprint density at radius 1 is 1.14 bits per heavy atom. The number of pyridine rings is 1.